The van der Waals surface area contributed by atoms with Crippen molar-refractivity contribution in [2.75, 3.05) is 13.2 Å². The molecule has 1 amide bonds. The first-order chi connectivity index (χ1) is 10.8. The van der Waals surface area contributed by atoms with Crippen LogP contribution >= 0.6 is 11.6 Å². The first-order valence-electron chi connectivity index (χ1n) is 8.13. The maximum Gasteiger partial charge on any atom is 0.249 e. The Labute approximate surface area is 142 Å². The number of hydrogen-bond donors (Lipinski definition) is 3. The van der Waals surface area contributed by atoms with Crippen molar-refractivity contribution in [1.29, 1.82) is 0 Å². The monoisotopic (exact) mass is 339 g/mol. The summed E-state index contributed by atoms with van der Waals surface area (Å²) in [6.45, 7) is 3.56. The molecule has 0 aromatic heterocycles. The van der Waals surface area contributed by atoms with Crippen LogP contribution in [-0.2, 0) is 10.2 Å². The second kappa shape index (κ2) is 7.20. The van der Waals surface area contributed by atoms with Crippen molar-refractivity contribution < 1.29 is 15.0 Å². The van der Waals surface area contributed by atoms with Gasteiger partial charge in [0, 0.05) is 22.4 Å². The molecule has 1 saturated carbocycles. The van der Waals surface area contributed by atoms with Crippen LogP contribution in [0.3, 0.4) is 0 Å². The second-order valence-corrected chi connectivity index (χ2v) is 7.70. The summed E-state index contributed by atoms with van der Waals surface area (Å²) in [5.41, 5.74) is 0.158. The normalized spacial score (nSPS) is 18.7. The van der Waals surface area contributed by atoms with Crippen molar-refractivity contribution in [3.63, 3.8) is 0 Å². The van der Waals surface area contributed by atoms with E-state index in [1.165, 1.54) is 0 Å². The van der Waals surface area contributed by atoms with Crippen LogP contribution in [0.15, 0.2) is 24.3 Å². The molecule has 1 aliphatic rings. The molecule has 1 fully saturated rings. The molecule has 1 aliphatic carbocycles. The molecule has 0 aliphatic heterocycles. The van der Waals surface area contributed by atoms with Crippen LogP contribution < -0.4 is 5.32 Å². The van der Waals surface area contributed by atoms with Crippen molar-refractivity contribution in [1.82, 2.24) is 5.32 Å². The molecule has 0 heterocycles. The molecule has 23 heavy (non-hydrogen) atoms. The zero-order valence-corrected chi connectivity index (χ0v) is 14.6. The van der Waals surface area contributed by atoms with E-state index >= 15 is 0 Å². The van der Waals surface area contributed by atoms with E-state index in [-0.39, 0.29) is 12.0 Å². The third kappa shape index (κ3) is 4.06. The van der Waals surface area contributed by atoms with Crippen molar-refractivity contribution in [3.8, 4) is 0 Å². The van der Waals surface area contributed by atoms with E-state index in [0.29, 0.717) is 11.6 Å². The Bertz CT molecular complexity index is 553. The Morgan fingerprint density at radius 3 is 2.61 bits per heavy atom. The number of rotatable bonds is 6. The van der Waals surface area contributed by atoms with Crippen molar-refractivity contribution >= 4 is 17.5 Å². The lowest BCUT2D eigenvalue weighted by atomic mass is 9.78. The van der Waals surface area contributed by atoms with Gasteiger partial charge in [-0.3, -0.25) is 4.79 Å². The molecule has 5 heteroatoms. The minimum absolute atomic E-state index is 0.121. The van der Waals surface area contributed by atoms with Crippen LogP contribution in [0.4, 0.5) is 0 Å². The average molecular weight is 340 g/mol. The first-order valence-corrected chi connectivity index (χ1v) is 8.51. The molecule has 4 nitrogen and oxygen atoms in total. The molecule has 1 atom stereocenters. The van der Waals surface area contributed by atoms with Crippen molar-refractivity contribution in [2.24, 2.45) is 5.41 Å². The van der Waals surface area contributed by atoms with Gasteiger partial charge in [0.15, 0.2) is 0 Å². The Morgan fingerprint density at radius 2 is 2.04 bits per heavy atom. The van der Waals surface area contributed by atoms with Gasteiger partial charge in [0.05, 0.1) is 6.61 Å². The Hall–Kier alpha value is -1.10. The Balaban J connectivity index is 2.11. The maximum atomic E-state index is 12.2. The fourth-order valence-corrected chi connectivity index (χ4v) is 3.42. The summed E-state index contributed by atoms with van der Waals surface area (Å²) in [6, 6.07) is 7.80. The van der Waals surface area contributed by atoms with Crippen LogP contribution in [0.1, 0.15) is 45.1 Å². The van der Waals surface area contributed by atoms with E-state index in [4.69, 9.17) is 11.6 Å². The standard InChI is InChI=1S/C18H26ClNO3/c1-17(2,12-21)15(22)16(23)20-11-18(8-3-4-9-18)13-6-5-7-14(19)10-13/h5-7,10,15,21-22H,3-4,8-9,11-12H2,1-2H3,(H,20,23)/t15-/m0/s1. The highest BCUT2D eigenvalue weighted by Gasteiger charge is 2.38. The van der Waals surface area contributed by atoms with Gasteiger partial charge in [-0.25, -0.2) is 0 Å². The minimum atomic E-state index is -1.23. The van der Waals surface area contributed by atoms with Gasteiger partial charge in [0.1, 0.15) is 6.10 Å². The molecular weight excluding hydrogens is 314 g/mol. The number of aliphatic hydroxyl groups is 2. The van der Waals surface area contributed by atoms with Gasteiger partial charge in [-0.2, -0.15) is 0 Å². The highest BCUT2D eigenvalue weighted by molar-refractivity contribution is 6.30. The van der Waals surface area contributed by atoms with Gasteiger partial charge < -0.3 is 15.5 Å². The first kappa shape index (κ1) is 18.2. The minimum Gasteiger partial charge on any atom is -0.396 e. The number of carbonyl (C=O) groups excluding carboxylic acids is 1. The molecule has 0 bridgehead atoms. The van der Waals surface area contributed by atoms with Crippen LogP contribution in [0.5, 0.6) is 0 Å². The predicted molar refractivity (Wildman–Crippen MR) is 91.5 cm³/mol. The van der Waals surface area contributed by atoms with Gasteiger partial charge in [0.2, 0.25) is 5.91 Å². The summed E-state index contributed by atoms with van der Waals surface area (Å²) >= 11 is 6.12. The molecule has 3 N–H and O–H groups in total. The Morgan fingerprint density at radius 1 is 1.39 bits per heavy atom. The number of benzene rings is 1. The van der Waals surface area contributed by atoms with E-state index in [0.717, 1.165) is 31.2 Å². The predicted octanol–water partition coefficient (Wildman–Crippen LogP) is 2.65. The fourth-order valence-electron chi connectivity index (χ4n) is 3.23. The van der Waals surface area contributed by atoms with Crippen molar-refractivity contribution in [3.05, 3.63) is 34.9 Å². The van der Waals surface area contributed by atoms with Crippen LogP contribution in [-0.4, -0.2) is 35.4 Å². The molecule has 128 valence electrons. The van der Waals surface area contributed by atoms with Gasteiger partial charge >= 0.3 is 0 Å². The summed E-state index contributed by atoms with van der Waals surface area (Å²) in [5.74, 6) is -0.433. The van der Waals surface area contributed by atoms with Gasteiger partial charge in [0.25, 0.3) is 0 Å². The van der Waals surface area contributed by atoms with Gasteiger partial charge in [-0.05, 0) is 30.5 Å². The fraction of sp³-hybridized carbons (Fsp3) is 0.611. The van der Waals surface area contributed by atoms with Crippen molar-refractivity contribution in [2.45, 2.75) is 51.0 Å². The molecule has 2 rings (SSSR count). The smallest absolute Gasteiger partial charge is 0.249 e. The second-order valence-electron chi connectivity index (χ2n) is 7.26. The summed E-state index contributed by atoms with van der Waals surface area (Å²) < 4.78 is 0. The maximum absolute atomic E-state index is 12.2. The zero-order chi connectivity index (χ0) is 17.1. The molecule has 0 spiro atoms. The highest BCUT2D eigenvalue weighted by atomic mass is 35.5. The van der Waals surface area contributed by atoms with Crippen LogP contribution in [0, 0.1) is 5.41 Å². The van der Waals surface area contributed by atoms with E-state index in [2.05, 4.69) is 11.4 Å². The Kier molecular flexibility index (Phi) is 5.71. The average Bonchev–Trinajstić information content (AvgIpc) is 3.02. The highest BCUT2D eigenvalue weighted by Crippen LogP contribution is 2.41. The molecule has 0 saturated heterocycles. The third-order valence-electron chi connectivity index (χ3n) is 4.99. The summed E-state index contributed by atoms with van der Waals surface area (Å²) in [7, 11) is 0. The molecule has 1 aromatic carbocycles. The number of amides is 1. The quantitative estimate of drug-likeness (QED) is 0.746. The largest absolute Gasteiger partial charge is 0.396 e. The molecular formula is C18H26ClNO3. The molecule has 1 aromatic rings. The SMILES string of the molecule is CC(C)(CO)[C@@H](O)C(=O)NCC1(c2cccc(Cl)c2)CCCC1. The van der Waals surface area contributed by atoms with E-state index in [9.17, 15) is 15.0 Å². The lowest BCUT2D eigenvalue weighted by Crippen LogP contribution is -2.49. The summed E-state index contributed by atoms with van der Waals surface area (Å²) in [5, 5.41) is 23.0. The van der Waals surface area contributed by atoms with Crippen LogP contribution in [0.2, 0.25) is 5.02 Å². The lowest BCUT2D eigenvalue weighted by molar-refractivity contribution is -0.137. The van der Waals surface area contributed by atoms with E-state index < -0.39 is 17.4 Å². The summed E-state index contributed by atoms with van der Waals surface area (Å²) in [6.07, 6.45) is 2.99. The summed E-state index contributed by atoms with van der Waals surface area (Å²) in [4.78, 5) is 12.2. The van der Waals surface area contributed by atoms with Gasteiger partial charge in [-0.1, -0.05) is 50.4 Å². The van der Waals surface area contributed by atoms with E-state index in [1.54, 1.807) is 13.8 Å². The third-order valence-corrected chi connectivity index (χ3v) is 5.23. The van der Waals surface area contributed by atoms with Gasteiger partial charge in [-0.15, -0.1) is 0 Å². The number of aliphatic hydroxyl groups excluding tert-OH is 2. The van der Waals surface area contributed by atoms with E-state index in [1.807, 2.05) is 18.2 Å². The number of hydrogen-bond acceptors (Lipinski definition) is 3. The van der Waals surface area contributed by atoms with Crippen LogP contribution in [0.25, 0.3) is 0 Å². The molecule has 0 unspecified atom stereocenters. The topological polar surface area (TPSA) is 69.6 Å². The number of nitrogens with one attached hydrogen (secondary N) is 1. The zero-order valence-electron chi connectivity index (χ0n) is 13.8. The lowest BCUT2D eigenvalue weighted by Gasteiger charge is -2.32. The molecule has 0 radical (unpaired) electrons. The number of halogens is 1. The number of carbonyl (C=O) groups is 1.